The molecule has 0 saturated carbocycles. The molecule has 0 unspecified atom stereocenters. The zero-order chi connectivity index (χ0) is 23.1. The zero-order valence-corrected chi connectivity index (χ0v) is 10.4. The number of hydrogen-bond donors (Lipinski definition) is 0. The monoisotopic (exact) mass is 269 g/mol. The molecule has 0 aliphatic heterocycles. The minimum atomic E-state index is -0.588. The number of rotatable bonds is 1. The highest BCUT2D eigenvalue weighted by molar-refractivity contribution is 6.13. The average Bonchev–Trinajstić information content (AvgIpc) is 3.14. The quantitative estimate of drug-likeness (QED) is 0.441. The van der Waals surface area contributed by atoms with Gasteiger partial charge in [-0.3, -0.25) is 0 Å². The average molecular weight is 269 g/mol. The molecule has 1 heterocycles. The van der Waals surface area contributed by atoms with Gasteiger partial charge in [0.05, 0.1) is 15.1 Å². The van der Waals surface area contributed by atoms with Crippen molar-refractivity contribution in [2.45, 2.75) is 6.92 Å². The van der Waals surface area contributed by atoms with Gasteiger partial charge in [-0.25, -0.2) is 0 Å². The van der Waals surface area contributed by atoms with Gasteiger partial charge >= 0.3 is 0 Å². The molecular weight excluding hydrogens is 244 g/mol. The van der Waals surface area contributed by atoms with E-state index in [1.165, 1.54) is 6.92 Å². The third-order valence-corrected chi connectivity index (χ3v) is 3.07. The molecule has 0 spiro atoms. The smallest absolute Gasteiger partial charge is 0.136 e. The Morgan fingerprint density at radius 1 is 0.800 bits per heavy atom. The number of fused-ring (bicyclic) bond motifs is 3. The summed E-state index contributed by atoms with van der Waals surface area (Å²) in [5.41, 5.74) is -0.521. The molecular formula is C19H14O. The molecule has 0 amide bonds. The Balaban J connectivity index is 2.40. The van der Waals surface area contributed by atoms with Crippen LogP contribution in [-0.4, -0.2) is 0 Å². The minimum absolute atomic E-state index is 0.0109. The Morgan fingerprint density at radius 2 is 1.55 bits per heavy atom. The largest absolute Gasteiger partial charge is 0.456 e. The van der Waals surface area contributed by atoms with Crippen molar-refractivity contribution in [3.05, 3.63) is 72.0 Å². The van der Waals surface area contributed by atoms with Crippen molar-refractivity contribution in [2.24, 2.45) is 0 Å². The van der Waals surface area contributed by atoms with Gasteiger partial charge in [0, 0.05) is 10.8 Å². The van der Waals surface area contributed by atoms with Crippen LogP contribution < -0.4 is 0 Å². The van der Waals surface area contributed by atoms with Crippen LogP contribution in [-0.2, 0) is 0 Å². The summed E-state index contributed by atoms with van der Waals surface area (Å²) in [6.45, 7) is 1.46. The summed E-state index contributed by atoms with van der Waals surface area (Å²) in [6.07, 6.45) is 0. The highest BCUT2D eigenvalue weighted by Gasteiger charge is 2.13. The lowest BCUT2D eigenvalue weighted by atomic mass is 9.95. The Bertz CT molecular complexity index is 1420. The van der Waals surface area contributed by atoms with Crippen LogP contribution in [0.5, 0.6) is 0 Å². The fourth-order valence-electron chi connectivity index (χ4n) is 2.23. The summed E-state index contributed by atoms with van der Waals surface area (Å²) < 4.78 is 95.1. The molecule has 1 aromatic heterocycles. The van der Waals surface area contributed by atoms with Gasteiger partial charge in [0.1, 0.15) is 11.2 Å². The molecule has 96 valence electrons. The molecule has 4 rings (SSSR count). The molecule has 0 fully saturated rings. The molecule has 20 heavy (non-hydrogen) atoms. The van der Waals surface area contributed by atoms with Gasteiger partial charge in [0.2, 0.25) is 0 Å². The maximum Gasteiger partial charge on any atom is 0.136 e. The lowest BCUT2D eigenvalue weighted by Crippen LogP contribution is -1.84. The van der Waals surface area contributed by atoms with Crippen molar-refractivity contribution in [2.75, 3.05) is 0 Å². The molecule has 3 aromatic carbocycles. The number of furan rings is 1. The number of para-hydroxylation sites is 1. The standard InChI is InChI=1S/C19H14O/c1-13-11-12-17-19(15-9-5-6-10-16(15)20-17)18(13)14-7-3-2-4-8-14/h2-12H,1H3/i2D,3D,4D,5D,6D,7D,8D,9D,10D,11D,12D. The Kier molecular flexibility index (Phi) is 1.01. The predicted octanol–water partition coefficient (Wildman–Crippen LogP) is 5.56. The van der Waals surface area contributed by atoms with E-state index in [4.69, 9.17) is 19.5 Å². The Hall–Kier alpha value is -2.54. The van der Waals surface area contributed by atoms with Crippen LogP contribution in [0.25, 0.3) is 33.1 Å². The first-order valence-corrected chi connectivity index (χ1v) is 5.91. The van der Waals surface area contributed by atoms with Gasteiger partial charge < -0.3 is 4.42 Å². The van der Waals surface area contributed by atoms with Crippen molar-refractivity contribution in [1.29, 1.82) is 0 Å². The SMILES string of the molecule is [2H]c1c([2H])c([2H])c(-c2c(C)c([2H])c([2H])c3oc4c([2H])c([2H])c([2H])c([2H])c4c23)c([2H])c1[2H]. The van der Waals surface area contributed by atoms with E-state index in [-0.39, 0.29) is 50.7 Å². The third-order valence-electron chi connectivity index (χ3n) is 3.07. The lowest BCUT2D eigenvalue weighted by Gasteiger charge is -2.07. The second-order valence-corrected chi connectivity index (χ2v) is 4.26. The Labute approximate surface area is 132 Å². The van der Waals surface area contributed by atoms with Crippen LogP contribution in [0.2, 0.25) is 0 Å². The zero-order valence-electron chi connectivity index (χ0n) is 21.4. The van der Waals surface area contributed by atoms with Crippen LogP contribution in [0, 0.1) is 6.92 Å². The highest BCUT2D eigenvalue weighted by Crippen LogP contribution is 2.38. The lowest BCUT2D eigenvalue weighted by molar-refractivity contribution is 0.669. The molecule has 0 N–H and O–H groups in total. The van der Waals surface area contributed by atoms with Gasteiger partial charge in [-0.2, -0.15) is 0 Å². The van der Waals surface area contributed by atoms with E-state index < -0.39 is 54.4 Å². The summed E-state index contributed by atoms with van der Waals surface area (Å²) in [4.78, 5) is 0. The van der Waals surface area contributed by atoms with Gasteiger partial charge in [0.15, 0.2) is 0 Å². The van der Waals surface area contributed by atoms with Crippen LogP contribution in [0.15, 0.2) is 70.9 Å². The van der Waals surface area contributed by atoms with Crippen molar-refractivity contribution < 1.29 is 19.5 Å². The van der Waals surface area contributed by atoms with Crippen LogP contribution >= 0.6 is 0 Å². The molecule has 4 aromatic rings. The maximum absolute atomic E-state index is 8.35. The third kappa shape index (κ3) is 1.56. The predicted molar refractivity (Wildman–Crippen MR) is 83.9 cm³/mol. The van der Waals surface area contributed by atoms with Crippen molar-refractivity contribution in [1.82, 2.24) is 0 Å². The molecule has 1 heteroatoms. The summed E-state index contributed by atoms with van der Waals surface area (Å²) in [5.74, 6) is 0. The normalized spacial score (nSPS) is 18.9. The van der Waals surface area contributed by atoms with Gasteiger partial charge in [-0.05, 0) is 35.7 Å². The Morgan fingerprint density at radius 3 is 2.40 bits per heavy atom. The second kappa shape index (κ2) is 4.24. The first kappa shape index (κ1) is 4.78. The summed E-state index contributed by atoms with van der Waals surface area (Å²) >= 11 is 0. The highest BCUT2D eigenvalue weighted by atomic mass is 16.3. The van der Waals surface area contributed by atoms with Crippen molar-refractivity contribution >= 4 is 21.9 Å². The summed E-state index contributed by atoms with van der Waals surface area (Å²) in [7, 11) is 0. The fourth-order valence-corrected chi connectivity index (χ4v) is 2.23. The topological polar surface area (TPSA) is 13.1 Å². The summed E-state index contributed by atoms with van der Waals surface area (Å²) in [6, 6.07) is -5.45. The van der Waals surface area contributed by atoms with Gasteiger partial charge in [-0.15, -0.1) is 0 Å². The van der Waals surface area contributed by atoms with E-state index in [0.717, 1.165) is 0 Å². The molecule has 1 nitrogen and oxygen atoms in total. The van der Waals surface area contributed by atoms with Gasteiger partial charge in [-0.1, -0.05) is 54.4 Å². The molecule has 0 radical (unpaired) electrons. The van der Waals surface area contributed by atoms with E-state index in [1.54, 1.807) is 0 Å². The number of benzene rings is 3. The molecule has 0 aliphatic rings. The summed E-state index contributed by atoms with van der Waals surface area (Å²) in [5, 5.41) is -0.0570. The van der Waals surface area contributed by atoms with E-state index in [9.17, 15) is 0 Å². The molecule has 0 bridgehead atoms. The van der Waals surface area contributed by atoms with Crippen molar-refractivity contribution in [3.8, 4) is 11.1 Å². The van der Waals surface area contributed by atoms with Crippen molar-refractivity contribution in [3.63, 3.8) is 0 Å². The fraction of sp³-hybridized carbons (Fsp3) is 0.0526. The van der Waals surface area contributed by atoms with Gasteiger partial charge in [0.25, 0.3) is 0 Å². The number of hydrogen-bond acceptors (Lipinski definition) is 1. The van der Waals surface area contributed by atoms with Crippen LogP contribution in [0.1, 0.15) is 20.6 Å². The van der Waals surface area contributed by atoms with Crippen LogP contribution in [0.3, 0.4) is 0 Å². The van der Waals surface area contributed by atoms with E-state index in [2.05, 4.69) is 0 Å². The molecule has 0 aliphatic carbocycles. The first-order valence-electron chi connectivity index (χ1n) is 11.4. The van der Waals surface area contributed by atoms with E-state index in [0.29, 0.717) is 0 Å². The van der Waals surface area contributed by atoms with E-state index in [1.807, 2.05) is 0 Å². The first-order chi connectivity index (χ1) is 14.4. The second-order valence-electron chi connectivity index (χ2n) is 4.26. The van der Waals surface area contributed by atoms with E-state index >= 15 is 0 Å². The molecule has 0 saturated heterocycles. The maximum atomic E-state index is 8.35. The van der Waals surface area contributed by atoms with Crippen LogP contribution in [0.4, 0.5) is 0 Å². The molecule has 0 atom stereocenters. The minimum Gasteiger partial charge on any atom is -0.456 e.